The molecule has 0 spiro atoms. The molecule has 1 aliphatic heterocycles. The van der Waals surface area contributed by atoms with E-state index >= 15 is 0 Å². The van der Waals surface area contributed by atoms with Crippen LogP contribution in [0.2, 0.25) is 0 Å². The first-order valence-electron chi connectivity index (χ1n) is 8.26. The standard InChI is InChI=1S/C18H17N5O3/c24-17(7-5-12-4-6-15-16(9-12)26-11-25-15)19-10-13-2-1-3-14(8-13)18-20-22-23-21-18/h1-4,6,8-9H,5,7,10-11H2,(H,19,24)(H,20,21,22,23). The van der Waals surface area contributed by atoms with E-state index in [0.29, 0.717) is 25.2 Å². The van der Waals surface area contributed by atoms with E-state index in [9.17, 15) is 4.79 Å². The van der Waals surface area contributed by atoms with E-state index in [-0.39, 0.29) is 12.7 Å². The Balaban J connectivity index is 1.30. The Morgan fingerprint density at radius 2 is 2.04 bits per heavy atom. The van der Waals surface area contributed by atoms with Crippen molar-refractivity contribution in [1.82, 2.24) is 25.9 Å². The smallest absolute Gasteiger partial charge is 0.231 e. The van der Waals surface area contributed by atoms with Gasteiger partial charge in [-0.3, -0.25) is 4.79 Å². The summed E-state index contributed by atoms with van der Waals surface area (Å²) in [6, 6.07) is 13.4. The van der Waals surface area contributed by atoms with Crippen LogP contribution in [0.15, 0.2) is 42.5 Å². The molecule has 8 heteroatoms. The Kier molecular flexibility index (Phi) is 4.46. The largest absolute Gasteiger partial charge is 0.454 e. The van der Waals surface area contributed by atoms with Crippen LogP contribution >= 0.6 is 0 Å². The Labute approximate surface area is 149 Å². The van der Waals surface area contributed by atoms with Crippen molar-refractivity contribution in [3.63, 3.8) is 0 Å². The van der Waals surface area contributed by atoms with Crippen LogP contribution in [0, 0.1) is 0 Å². The van der Waals surface area contributed by atoms with Crippen molar-refractivity contribution in [2.75, 3.05) is 6.79 Å². The van der Waals surface area contributed by atoms with Gasteiger partial charge >= 0.3 is 0 Å². The molecule has 2 aromatic carbocycles. The molecule has 132 valence electrons. The summed E-state index contributed by atoms with van der Waals surface area (Å²) >= 11 is 0. The van der Waals surface area contributed by atoms with E-state index in [1.807, 2.05) is 42.5 Å². The molecule has 2 heterocycles. The maximum absolute atomic E-state index is 12.1. The lowest BCUT2D eigenvalue weighted by molar-refractivity contribution is -0.121. The number of nitrogens with one attached hydrogen (secondary N) is 2. The minimum atomic E-state index is -0.00682. The number of nitrogens with zero attached hydrogens (tertiary/aromatic N) is 3. The van der Waals surface area contributed by atoms with E-state index in [1.165, 1.54) is 0 Å². The summed E-state index contributed by atoms with van der Waals surface area (Å²) in [6.07, 6.45) is 1.05. The van der Waals surface area contributed by atoms with Crippen LogP contribution in [-0.2, 0) is 17.8 Å². The van der Waals surface area contributed by atoms with Crippen molar-refractivity contribution in [1.29, 1.82) is 0 Å². The quantitative estimate of drug-likeness (QED) is 0.703. The maximum atomic E-state index is 12.1. The molecule has 2 N–H and O–H groups in total. The number of hydrogen-bond donors (Lipinski definition) is 2. The number of aromatic amines is 1. The zero-order valence-corrected chi connectivity index (χ0v) is 13.9. The average molecular weight is 351 g/mol. The van der Waals surface area contributed by atoms with Crippen molar-refractivity contribution < 1.29 is 14.3 Å². The fraction of sp³-hybridized carbons (Fsp3) is 0.222. The molecule has 1 aliphatic rings. The van der Waals surface area contributed by atoms with E-state index in [2.05, 4.69) is 25.9 Å². The number of rotatable bonds is 6. The molecule has 0 radical (unpaired) electrons. The number of amides is 1. The molecular weight excluding hydrogens is 334 g/mol. The van der Waals surface area contributed by atoms with Crippen molar-refractivity contribution in [3.8, 4) is 22.9 Å². The lowest BCUT2D eigenvalue weighted by atomic mass is 10.1. The van der Waals surface area contributed by atoms with Gasteiger partial charge in [-0.2, -0.15) is 5.21 Å². The van der Waals surface area contributed by atoms with E-state index in [1.54, 1.807) is 0 Å². The molecule has 0 atom stereocenters. The zero-order valence-electron chi connectivity index (χ0n) is 13.9. The molecule has 8 nitrogen and oxygen atoms in total. The van der Waals surface area contributed by atoms with E-state index < -0.39 is 0 Å². The number of fused-ring (bicyclic) bond motifs is 1. The first-order chi connectivity index (χ1) is 12.8. The number of carbonyl (C=O) groups is 1. The second kappa shape index (κ2) is 7.22. The third-order valence-corrected chi connectivity index (χ3v) is 4.10. The lowest BCUT2D eigenvalue weighted by Crippen LogP contribution is -2.23. The molecule has 1 aromatic heterocycles. The highest BCUT2D eigenvalue weighted by atomic mass is 16.7. The number of tetrazole rings is 1. The maximum Gasteiger partial charge on any atom is 0.231 e. The Hall–Kier alpha value is -3.42. The van der Waals surface area contributed by atoms with Gasteiger partial charge in [0.15, 0.2) is 11.5 Å². The van der Waals surface area contributed by atoms with Gasteiger partial charge in [-0.1, -0.05) is 24.3 Å². The van der Waals surface area contributed by atoms with Crippen LogP contribution in [0.4, 0.5) is 0 Å². The van der Waals surface area contributed by atoms with Crippen LogP contribution in [0.25, 0.3) is 11.4 Å². The van der Waals surface area contributed by atoms with Gasteiger partial charge in [0, 0.05) is 18.5 Å². The molecule has 3 aromatic rings. The highest BCUT2D eigenvalue weighted by Crippen LogP contribution is 2.32. The van der Waals surface area contributed by atoms with Gasteiger partial charge < -0.3 is 14.8 Å². The first kappa shape index (κ1) is 16.1. The van der Waals surface area contributed by atoms with Crippen molar-refractivity contribution >= 4 is 5.91 Å². The number of aromatic nitrogens is 4. The average Bonchev–Trinajstić information content (AvgIpc) is 3.36. The number of H-pyrrole nitrogens is 1. The fourth-order valence-corrected chi connectivity index (χ4v) is 2.75. The third kappa shape index (κ3) is 3.64. The van der Waals surface area contributed by atoms with Crippen LogP contribution in [0.5, 0.6) is 11.5 Å². The Morgan fingerprint density at radius 1 is 1.12 bits per heavy atom. The molecule has 0 unspecified atom stereocenters. The summed E-state index contributed by atoms with van der Waals surface area (Å²) in [6.45, 7) is 0.702. The fourth-order valence-electron chi connectivity index (χ4n) is 2.75. The molecule has 4 rings (SSSR count). The van der Waals surface area contributed by atoms with Crippen molar-refractivity contribution in [3.05, 3.63) is 53.6 Å². The highest BCUT2D eigenvalue weighted by molar-refractivity contribution is 5.76. The SMILES string of the molecule is O=C(CCc1ccc2c(c1)OCO2)NCc1cccc(-c2nn[nH]n2)c1. The van der Waals surface area contributed by atoms with Gasteiger partial charge in [0.25, 0.3) is 0 Å². The van der Waals surface area contributed by atoms with Gasteiger partial charge in [-0.25, -0.2) is 0 Å². The van der Waals surface area contributed by atoms with Crippen LogP contribution < -0.4 is 14.8 Å². The highest BCUT2D eigenvalue weighted by Gasteiger charge is 2.13. The molecule has 0 aliphatic carbocycles. The van der Waals surface area contributed by atoms with Gasteiger partial charge in [0.05, 0.1) is 0 Å². The van der Waals surface area contributed by atoms with Gasteiger partial charge in [-0.15, -0.1) is 10.2 Å². The molecule has 26 heavy (non-hydrogen) atoms. The monoisotopic (exact) mass is 351 g/mol. The molecule has 0 bridgehead atoms. The van der Waals surface area contributed by atoms with Gasteiger partial charge in [0.1, 0.15) is 0 Å². The zero-order chi connectivity index (χ0) is 17.8. The van der Waals surface area contributed by atoms with E-state index in [4.69, 9.17) is 9.47 Å². The second-order valence-corrected chi connectivity index (χ2v) is 5.90. The minimum Gasteiger partial charge on any atom is -0.454 e. The molecule has 0 fully saturated rings. The topological polar surface area (TPSA) is 102 Å². The predicted molar refractivity (Wildman–Crippen MR) is 92.3 cm³/mol. The predicted octanol–water partition coefficient (Wildman–Crippen LogP) is 1.84. The molecule has 0 saturated heterocycles. The molecular formula is C18H17N5O3. The summed E-state index contributed by atoms with van der Waals surface area (Å²) in [4.78, 5) is 12.1. The minimum absolute atomic E-state index is 0.00682. The summed E-state index contributed by atoms with van der Waals surface area (Å²) in [7, 11) is 0. The van der Waals surface area contributed by atoms with E-state index in [0.717, 1.165) is 28.2 Å². The summed E-state index contributed by atoms with van der Waals surface area (Å²) in [5.41, 5.74) is 2.87. The second-order valence-electron chi connectivity index (χ2n) is 5.90. The number of aryl methyl sites for hydroxylation is 1. The van der Waals surface area contributed by atoms with Gasteiger partial charge in [-0.05, 0) is 41.0 Å². The summed E-state index contributed by atoms with van der Waals surface area (Å²) in [5.74, 6) is 2.01. The van der Waals surface area contributed by atoms with Crippen molar-refractivity contribution in [2.24, 2.45) is 0 Å². The van der Waals surface area contributed by atoms with Crippen LogP contribution in [0.1, 0.15) is 17.5 Å². The summed E-state index contributed by atoms with van der Waals surface area (Å²) in [5, 5.41) is 16.8. The lowest BCUT2D eigenvalue weighted by Gasteiger charge is -2.07. The normalized spacial score (nSPS) is 12.2. The molecule has 1 amide bonds. The molecule has 0 saturated carbocycles. The Bertz CT molecular complexity index is 911. The van der Waals surface area contributed by atoms with Crippen LogP contribution in [-0.4, -0.2) is 33.3 Å². The number of carbonyl (C=O) groups excluding carboxylic acids is 1. The van der Waals surface area contributed by atoms with Crippen molar-refractivity contribution in [2.45, 2.75) is 19.4 Å². The summed E-state index contributed by atoms with van der Waals surface area (Å²) < 4.78 is 10.6. The number of hydrogen-bond acceptors (Lipinski definition) is 6. The van der Waals surface area contributed by atoms with Crippen LogP contribution in [0.3, 0.4) is 0 Å². The Morgan fingerprint density at radius 3 is 2.92 bits per heavy atom. The first-order valence-corrected chi connectivity index (χ1v) is 8.26. The number of ether oxygens (including phenoxy) is 2. The van der Waals surface area contributed by atoms with Gasteiger partial charge in [0.2, 0.25) is 18.5 Å². The third-order valence-electron chi connectivity index (χ3n) is 4.10. The number of benzene rings is 2.